The molecule has 9 heteroatoms. The molecule has 7 nitrogen and oxygen atoms in total. The predicted molar refractivity (Wildman–Crippen MR) is 117 cm³/mol. The predicted octanol–water partition coefficient (Wildman–Crippen LogP) is 3.48. The first-order valence-corrected chi connectivity index (χ1v) is 11.6. The summed E-state index contributed by atoms with van der Waals surface area (Å²) >= 11 is 6.20. The second-order valence-corrected chi connectivity index (χ2v) is 9.40. The summed E-state index contributed by atoms with van der Waals surface area (Å²) in [5.74, 6) is -0.744. The fourth-order valence-corrected chi connectivity index (χ4v) is 4.41. The van der Waals surface area contributed by atoms with Crippen LogP contribution in [-0.2, 0) is 10.0 Å². The van der Waals surface area contributed by atoms with E-state index in [0.717, 1.165) is 19.3 Å². The smallest absolute Gasteiger partial charge is 0.255 e. The van der Waals surface area contributed by atoms with E-state index in [1.165, 1.54) is 24.3 Å². The van der Waals surface area contributed by atoms with Gasteiger partial charge in [-0.2, -0.15) is 0 Å². The first-order chi connectivity index (χ1) is 14.2. The highest BCUT2D eigenvalue weighted by Crippen LogP contribution is 2.25. The lowest BCUT2D eigenvalue weighted by molar-refractivity contribution is 0.0953. The van der Waals surface area contributed by atoms with E-state index in [1.54, 1.807) is 19.1 Å². The van der Waals surface area contributed by atoms with Crippen LogP contribution in [0.5, 0.6) is 0 Å². The molecule has 30 heavy (non-hydrogen) atoms. The Hall–Kier alpha value is -2.42. The maximum absolute atomic E-state index is 12.8. The van der Waals surface area contributed by atoms with Crippen LogP contribution in [0, 0.1) is 6.92 Å². The van der Waals surface area contributed by atoms with Crippen LogP contribution >= 0.6 is 11.6 Å². The van der Waals surface area contributed by atoms with Crippen molar-refractivity contribution < 1.29 is 18.0 Å². The third-order valence-electron chi connectivity index (χ3n) is 4.67. The maximum Gasteiger partial charge on any atom is 0.255 e. The number of hydrogen-bond acceptors (Lipinski definition) is 4. The molecule has 1 saturated carbocycles. The number of anilines is 1. The molecule has 0 aromatic heterocycles. The van der Waals surface area contributed by atoms with E-state index >= 15 is 0 Å². The van der Waals surface area contributed by atoms with E-state index in [9.17, 15) is 18.0 Å². The Balaban J connectivity index is 1.78. The zero-order valence-electron chi connectivity index (χ0n) is 16.8. The zero-order chi connectivity index (χ0) is 21.9. The van der Waals surface area contributed by atoms with Gasteiger partial charge in [-0.3, -0.25) is 9.59 Å². The van der Waals surface area contributed by atoms with Gasteiger partial charge in [0.15, 0.2) is 0 Å². The molecule has 3 N–H and O–H groups in total. The fourth-order valence-electron chi connectivity index (χ4n) is 2.81. The second kappa shape index (κ2) is 9.16. The van der Waals surface area contributed by atoms with Gasteiger partial charge in [-0.15, -0.1) is 0 Å². The lowest BCUT2D eigenvalue weighted by atomic mass is 10.1. The summed E-state index contributed by atoms with van der Waals surface area (Å²) in [4.78, 5) is 24.9. The van der Waals surface area contributed by atoms with E-state index in [0.29, 0.717) is 23.4 Å². The Morgan fingerprint density at radius 3 is 2.43 bits per heavy atom. The van der Waals surface area contributed by atoms with E-state index < -0.39 is 15.9 Å². The number of hydrogen-bond donors (Lipinski definition) is 3. The van der Waals surface area contributed by atoms with Crippen molar-refractivity contribution in [2.75, 3.05) is 11.9 Å². The first kappa shape index (κ1) is 22.3. The molecule has 0 spiro atoms. The van der Waals surface area contributed by atoms with Crippen molar-refractivity contribution in [1.82, 2.24) is 10.0 Å². The van der Waals surface area contributed by atoms with Gasteiger partial charge in [0.25, 0.3) is 11.8 Å². The van der Waals surface area contributed by atoms with Crippen molar-refractivity contribution in [1.29, 1.82) is 0 Å². The van der Waals surface area contributed by atoms with Crippen LogP contribution in [0.15, 0.2) is 41.3 Å². The van der Waals surface area contributed by atoms with Crippen LogP contribution in [0.1, 0.15) is 52.5 Å². The zero-order valence-corrected chi connectivity index (χ0v) is 18.4. The van der Waals surface area contributed by atoms with Crippen LogP contribution in [0.4, 0.5) is 5.69 Å². The first-order valence-electron chi connectivity index (χ1n) is 9.73. The van der Waals surface area contributed by atoms with Gasteiger partial charge >= 0.3 is 0 Å². The molecule has 0 heterocycles. The van der Waals surface area contributed by atoms with E-state index in [-0.39, 0.29) is 27.4 Å². The Bertz CT molecular complexity index is 1080. The molecule has 160 valence electrons. The van der Waals surface area contributed by atoms with Gasteiger partial charge in [0.05, 0.1) is 15.5 Å². The number of nitrogens with one attached hydrogen (secondary N) is 3. The third-order valence-corrected chi connectivity index (χ3v) is 6.50. The molecular formula is C21H24ClN3O4S. The van der Waals surface area contributed by atoms with Crippen molar-refractivity contribution >= 4 is 39.1 Å². The van der Waals surface area contributed by atoms with Crippen molar-refractivity contribution in [2.24, 2.45) is 0 Å². The minimum absolute atomic E-state index is 0.0243. The van der Waals surface area contributed by atoms with Crippen LogP contribution in [0.2, 0.25) is 5.02 Å². The molecule has 0 radical (unpaired) electrons. The molecule has 0 atom stereocenters. The van der Waals surface area contributed by atoms with Gasteiger partial charge in [-0.25, -0.2) is 13.1 Å². The summed E-state index contributed by atoms with van der Waals surface area (Å²) in [5, 5.41) is 5.67. The molecular weight excluding hydrogens is 426 g/mol. The fraction of sp³-hybridized carbons (Fsp3) is 0.333. The molecule has 2 aromatic carbocycles. The van der Waals surface area contributed by atoms with Crippen molar-refractivity contribution in [3.05, 3.63) is 58.1 Å². The highest BCUT2D eigenvalue weighted by Gasteiger charge is 2.28. The molecule has 0 saturated heterocycles. The highest BCUT2D eigenvalue weighted by atomic mass is 35.5. The monoisotopic (exact) mass is 449 g/mol. The van der Waals surface area contributed by atoms with Crippen LogP contribution in [0.3, 0.4) is 0 Å². The van der Waals surface area contributed by atoms with Crippen molar-refractivity contribution in [3.8, 4) is 0 Å². The number of carbonyl (C=O) groups is 2. The molecule has 0 aliphatic heterocycles. The standard InChI is InChI=1S/C21H24ClN3O4S/c1-3-10-23-20(26)17-9-7-15(11-19(17)22)24-21(27)18-12-16(8-4-13(18)2)30(28,29)25-14-5-6-14/h4,7-9,11-12,14,25H,3,5-6,10H2,1-2H3,(H,23,26)(H,24,27). The van der Waals surface area contributed by atoms with Crippen LogP contribution in [0.25, 0.3) is 0 Å². The molecule has 1 aliphatic rings. The van der Waals surface area contributed by atoms with Gasteiger partial charge in [0.1, 0.15) is 0 Å². The summed E-state index contributed by atoms with van der Waals surface area (Å²) in [6, 6.07) is 9.03. The molecule has 2 aromatic rings. The number of halogens is 1. The number of aryl methyl sites for hydroxylation is 1. The van der Waals surface area contributed by atoms with E-state index in [4.69, 9.17) is 11.6 Å². The molecule has 1 aliphatic carbocycles. The molecule has 0 unspecified atom stereocenters. The Labute approximate surface area is 181 Å². The Morgan fingerprint density at radius 1 is 1.07 bits per heavy atom. The molecule has 3 rings (SSSR count). The number of amides is 2. The number of carbonyl (C=O) groups excluding carboxylic acids is 2. The number of benzene rings is 2. The lowest BCUT2D eigenvalue weighted by Gasteiger charge is -2.12. The van der Waals surface area contributed by atoms with Gasteiger partial charge in [0, 0.05) is 23.8 Å². The van der Waals surface area contributed by atoms with Crippen molar-refractivity contribution in [3.63, 3.8) is 0 Å². The van der Waals surface area contributed by atoms with Gasteiger partial charge in [0.2, 0.25) is 10.0 Å². The molecule has 1 fully saturated rings. The minimum atomic E-state index is -3.67. The number of sulfonamides is 1. The normalized spacial score (nSPS) is 13.7. The van der Waals surface area contributed by atoms with Gasteiger partial charge in [-0.1, -0.05) is 24.6 Å². The summed E-state index contributed by atoms with van der Waals surface area (Å²) in [6.45, 7) is 4.22. The quantitative estimate of drug-likeness (QED) is 0.573. The topological polar surface area (TPSA) is 104 Å². The summed E-state index contributed by atoms with van der Waals surface area (Å²) in [6.07, 6.45) is 2.46. The second-order valence-electron chi connectivity index (χ2n) is 7.28. The maximum atomic E-state index is 12.8. The Morgan fingerprint density at radius 2 is 1.80 bits per heavy atom. The highest BCUT2D eigenvalue weighted by molar-refractivity contribution is 7.89. The average molecular weight is 450 g/mol. The molecule has 2 amide bonds. The van der Waals surface area contributed by atoms with Crippen LogP contribution in [-0.4, -0.2) is 32.8 Å². The average Bonchev–Trinajstić information content (AvgIpc) is 3.49. The summed E-state index contributed by atoms with van der Waals surface area (Å²) in [5.41, 5.74) is 1.61. The van der Waals surface area contributed by atoms with E-state index in [1.807, 2.05) is 6.92 Å². The summed E-state index contributed by atoms with van der Waals surface area (Å²) < 4.78 is 27.5. The van der Waals surface area contributed by atoms with Gasteiger partial charge in [-0.05, 0) is 62.1 Å². The lowest BCUT2D eigenvalue weighted by Crippen LogP contribution is -2.26. The third kappa shape index (κ3) is 5.38. The molecule has 0 bridgehead atoms. The largest absolute Gasteiger partial charge is 0.352 e. The van der Waals surface area contributed by atoms with Crippen LogP contribution < -0.4 is 15.4 Å². The SMILES string of the molecule is CCCNC(=O)c1ccc(NC(=O)c2cc(S(=O)(=O)NC3CC3)ccc2C)cc1Cl. The van der Waals surface area contributed by atoms with E-state index in [2.05, 4.69) is 15.4 Å². The van der Waals surface area contributed by atoms with Gasteiger partial charge < -0.3 is 10.6 Å². The number of rotatable bonds is 8. The Kier molecular flexibility index (Phi) is 6.80. The summed E-state index contributed by atoms with van der Waals surface area (Å²) in [7, 11) is -3.67. The van der Waals surface area contributed by atoms with Crippen molar-refractivity contribution in [2.45, 2.75) is 44.0 Å². The minimum Gasteiger partial charge on any atom is -0.352 e.